The molecule has 0 aliphatic rings. The molecule has 0 saturated heterocycles. The van der Waals surface area contributed by atoms with Gasteiger partial charge in [0.2, 0.25) is 0 Å². The average molecular weight is 270 g/mol. The molecule has 0 fully saturated rings. The number of H-pyrrole nitrogens is 1. The number of likely N-dealkylation sites (N-methyl/N-ethyl adjacent to an activating group) is 1. The highest BCUT2D eigenvalue weighted by molar-refractivity contribution is 5.82. The molecule has 8 heteroatoms. The molecule has 4 N–H and O–H groups in total. The summed E-state index contributed by atoms with van der Waals surface area (Å²) in [7, 11) is 1.48. The summed E-state index contributed by atoms with van der Waals surface area (Å²) < 4.78 is 0. The van der Waals surface area contributed by atoms with Crippen LogP contribution in [0.2, 0.25) is 0 Å². The summed E-state index contributed by atoms with van der Waals surface area (Å²) in [5, 5.41) is 20.6. The van der Waals surface area contributed by atoms with Gasteiger partial charge in [-0.15, -0.1) is 0 Å². The Labute approximate surface area is 110 Å². The van der Waals surface area contributed by atoms with Crippen LogP contribution in [0.3, 0.4) is 0 Å². The van der Waals surface area contributed by atoms with E-state index in [1.54, 1.807) is 6.92 Å². The molecule has 2 amide bonds. The van der Waals surface area contributed by atoms with E-state index < -0.39 is 24.1 Å². The topological polar surface area (TPSA) is 119 Å². The molecular formula is C11H18N4O4. The number of amides is 2. The van der Waals surface area contributed by atoms with E-state index >= 15 is 0 Å². The number of aromatic nitrogens is 2. The highest BCUT2D eigenvalue weighted by atomic mass is 16.4. The number of aliphatic hydroxyl groups excluding tert-OH is 1. The first kappa shape index (κ1) is 15.0. The molecule has 1 rings (SSSR count). The Morgan fingerprint density at radius 1 is 1.58 bits per heavy atom. The summed E-state index contributed by atoms with van der Waals surface area (Å²) in [5.41, 5.74) is 0.617. The van der Waals surface area contributed by atoms with Gasteiger partial charge in [-0.2, -0.15) is 0 Å². The molecule has 0 saturated carbocycles. The zero-order chi connectivity index (χ0) is 14.4. The van der Waals surface area contributed by atoms with Crippen molar-refractivity contribution >= 4 is 12.0 Å². The summed E-state index contributed by atoms with van der Waals surface area (Å²) in [4.78, 5) is 30.6. The van der Waals surface area contributed by atoms with Gasteiger partial charge >= 0.3 is 12.0 Å². The van der Waals surface area contributed by atoms with Crippen molar-refractivity contribution in [3.8, 4) is 0 Å². The minimum atomic E-state index is -1.13. The van der Waals surface area contributed by atoms with Crippen molar-refractivity contribution in [2.45, 2.75) is 25.5 Å². The third kappa shape index (κ3) is 4.96. The number of imidazole rings is 1. The number of hydrogen-bond acceptors (Lipinski definition) is 4. The van der Waals surface area contributed by atoms with Crippen LogP contribution in [0.5, 0.6) is 0 Å². The van der Waals surface area contributed by atoms with Crippen molar-refractivity contribution in [3.05, 3.63) is 18.2 Å². The van der Waals surface area contributed by atoms with E-state index in [0.29, 0.717) is 5.69 Å². The lowest BCUT2D eigenvalue weighted by atomic mass is 10.1. The molecule has 1 heterocycles. The fourth-order valence-corrected chi connectivity index (χ4v) is 1.55. The largest absolute Gasteiger partial charge is 0.480 e. The van der Waals surface area contributed by atoms with Gasteiger partial charge in [-0.1, -0.05) is 0 Å². The third-order valence-electron chi connectivity index (χ3n) is 2.46. The van der Waals surface area contributed by atoms with Gasteiger partial charge in [0.15, 0.2) is 0 Å². The van der Waals surface area contributed by atoms with Crippen molar-refractivity contribution in [1.29, 1.82) is 0 Å². The lowest BCUT2D eigenvalue weighted by Crippen LogP contribution is -2.49. The molecule has 0 aromatic carbocycles. The molecule has 1 unspecified atom stereocenters. The molecule has 0 radical (unpaired) electrons. The van der Waals surface area contributed by atoms with Gasteiger partial charge in [0, 0.05) is 31.9 Å². The summed E-state index contributed by atoms with van der Waals surface area (Å²) in [6, 6.07) is -1.60. The van der Waals surface area contributed by atoms with Crippen LogP contribution in [0.4, 0.5) is 4.79 Å². The molecule has 1 aromatic heterocycles. The van der Waals surface area contributed by atoms with Crippen LogP contribution < -0.4 is 5.32 Å². The number of aliphatic carboxylic acids is 1. The Morgan fingerprint density at radius 2 is 2.26 bits per heavy atom. The maximum absolute atomic E-state index is 11.7. The second-order valence-electron chi connectivity index (χ2n) is 4.35. The minimum Gasteiger partial charge on any atom is -0.480 e. The fourth-order valence-electron chi connectivity index (χ4n) is 1.55. The maximum atomic E-state index is 11.7. The Morgan fingerprint density at radius 3 is 2.74 bits per heavy atom. The highest BCUT2D eigenvalue weighted by Crippen LogP contribution is 2.00. The van der Waals surface area contributed by atoms with Gasteiger partial charge in [-0.25, -0.2) is 14.6 Å². The van der Waals surface area contributed by atoms with E-state index in [1.807, 2.05) is 0 Å². The number of nitrogens with one attached hydrogen (secondary N) is 2. The number of rotatable bonds is 6. The van der Waals surface area contributed by atoms with Crippen LogP contribution in [0, 0.1) is 0 Å². The second-order valence-corrected chi connectivity index (χ2v) is 4.35. The minimum absolute atomic E-state index is 0.115. The molecule has 8 nitrogen and oxygen atoms in total. The number of aliphatic hydroxyl groups is 1. The smallest absolute Gasteiger partial charge is 0.326 e. The Balaban J connectivity index is 2.58. The molecule has 19 heavy (non-hydrogen) atoms. The third-order valence-corrected chi connectivity index (χ3v) is 2.46. The zero-order valence-electron chi connectivity index (χ0n) is 10.8. The standard InChI is InChI=1S/C11H18N4O4/c1-7(16)5-15(2)11(19)14-9(10(17)18)3-8-4-12-6-13-8/h4,6-7,9,16H,3,5H2,1-2H3,(H,12,13)(H,14,19)(H,17,18)/t7?,9-/m0/s1. The average Bonchev–Trinajstić information content (AvgIpc) is 2.79. The van der Waals surface area contributed by atoms with Crippen molar-refractivity contribution in [3.63, 3.8) is 0 Å². The van der Waals surface area contributed by atoms with Gasteiger partial charge in [0.05, 0.1) is 12.4 Å². The number of hydrogen-bond donors (Lipinski definition) is 4. The van der Waals surface area contributed by atoms with Gasteiger partial charge < -0.3 is 25.4 Å². The number of urea groups is 1. The van der Waals surface area contributed by atoms with Crippen LogP contribution in [-0.2, 0) is 11.2 Å². The zero-order valence-corrected chi connectivity index (χ0v) is 10.8. The van der Waals surface area contributed by atoms with Crippen LogP contribution in [0.25, 0.3) is 0 Å². The summed E-state index contributed by atoms with van der Waals surface area (Å²) in [5.74, 6) is -1.13. The van der Waals surface area contributed by atoms with Crippen LogP contribution in [0.15, 0.2) is 12.5 Å². The number of aromatic amines is 1. The molecule has 0 spiro atoms. The normalized spacial score (nSPS) is 13.6. The lowest BCUT2D eigenvalue weighted by molar-refractivity contribution is -0.139. The predicted octanol–water partition coefficient (Wildman–Crippen LogP) is -0.572. The number of nitrogens with zero attached hydrogens (tertiary/aromatic N) is 2. The van der Waals surface area contributed by atoms with Gasteiger partial charge in [0.1, 0.15) is 6.04 Å². The number of carboxylic acids is 1. The number of carbonyl (C=O) groups is 2. The molecule has 106 valence electrons. The van der Waals surface area contributed by atoms with Crippen molar-refractivity contribution in [2.24, 2.45) is 0 Å². The summed E-state index contributed by atoms with van der Waals surface area (Å²) >= 11 is 0. The van der Waals surface area contributed by atoms with Crippen LogP contribution in [-0.4, -0.2) is 62.8 Å². The van der Waals surface area contributed by atoms with Crippen LogP contribution >= 0.6 is 0 Å². The van der Waals surface area contributed by atoms with Crippen LogP contribution in [0.1, 0.15) is 12.6 Å². The molecule has 1 aromatic rings. The molecular weight excluding hydrogens is 252 g/mol. The SMILES string of the molecule is CC(O)CN(C)C(=O)N[C@@H](Cc1cnc[nH]1)C(=O)O. The van der Waals surface area contributed by atoms with Crippen molar-refractivity contribution < 1.29 is 19.8 Å². The Bertz CT molecular complexity index is 418. The van der Waals surface area contributed by atoms with Gasteiger partial charge in [-0.05, 0) is 6.92 Å². The van der Waals surface area contributed by atoms with E-state index in [4.69, 9.17) is 5.11 Å². The molecule has 0 bridgehead atoms. The predicted molar refractivity (Wildman–Crippen MR) is 66.6 cm³/mol. The van der Waals surface area contributed by atoms with E-state index in [-0.39, 0.29) is 13.0 Å². The Kier molecular flexibility index (Phi) is 5.31. The summed E-state index contributed by atoms with van der Waals surface area (Å²) in [6.07, 6.45) is 2.38. The monoisotopic (exact) mass is 270 g/mol. The van der Waals surface area contributed by atoms with Crippen molar-refractivity contribution in [1.82, 2.24) is 20.2 Å². The highest BCUT2D eigenvalue weighted by Gasteiger charge is 2.23. The first-order valence-corrected chi connectivity index (χ1v) is 5.80. The van der Waals surface area contributed by atoms with Crippen molar-refractivity contribution in [2.75, 3.05) is 13.6 Å². The summed E-state index contributed by atoms with van der Waals surface area (Å²) in [6.45, 7) is 1.67. The van der Waals surface area contributed by atoms with Gasteiger partial charge in [-0.3, -0.25) is 0 Å². The molecule has 2 atom stereocenters. The van der Waals surface area contributed by atoms with E-state index in [0.717, 1.165) is 0 Å². The first-order valence-electron chi connectivity index (χ1n) is 5.80. The maximum Gasteiger partial charge on any atom is 0.326 e. The quantitative estimate of drug-likeness (QED) is 0.552. The van der Waals surface area contributed by atoms with E-state index in [2.05, 4.69) is 15.3 Å². The van der Waals surface area contributed by atoms with E-state index in [9.17, 15) is 14.7 Å². The van der Waals surface area contributed by atoms with E-state index in [1.165, 1.54) is 24.5 Å². The first-order chi connectivity index (χ1) is 8.90. The number of carboxylic acid groups (broad SMARTS) is 1. The second kappa shape index (κ2) is 6.74. The van der Waals surface area contributed by atoms with Gasteiger partial charge in [0.25, 0.3) is 0 Å². The lowest BCUT2D eigenvalue weighted by Gasteiger charge is -2.22. The molecule has 0 aliphatic heterocycles. The number of carbonyl (C=O) groups excluding carboxylic acids is 1. The Hall–Kier alpha value is -2.09. The molecule has 0 aliphatic carbocycles. The fraction of sp³-hybridized carbons (Fsp3) is 0.545.